The maximum absolute atomic E-state index is 3.24. The lowest BCUT2D eigenvalue weighted by Crippen LogP contribution is -2.28. The van der Waals surface area contributed by atoms with E-state index in [-0.39, 0.29) is 0 Å². The molecule has 1 unspecified atom stereocenters. The third kappa shape index (κ3) is 4.58. The van der Waals surface area contributed by atoms with Crippen LogP contribution < -0.4 is 5.32 Å². The second-order valence-corrected chi connectivity index (χ2v) is 6.13. The van der Waals surface area contributed by atoms with E-state index in [0.29, 0.717) is 5.92 Å². The van der Waals surface area contributed by atoms with Gasteiger partial charge in [-0.2, -0.15) is 0 Å². The minimum Gasteiger partial charge on any atom is -0.319 e. The maximum Gasteiger partial charge on any atom is 0.0234 e. The Bertz CT molecular complexity index is 388. The molecule has 1 aromatic rings. The molecule has 0 aromatic heterocycles. The van der Waals surface area contributed by atoms with E-state index in [1.807, 2.05) is 7.05 Å². The molecule has 1 N–H and O–H groups in total. The summed E-state index contributed by atoms with van der Waals surface area (Å²) < 4.78 is 0. The minimum atomic E-state index is 0.584. The van der Waals surface area contributed by atoms with Gasteiger partial charge < -0.3 is 10.2 Å². The van der Waals surface area contributed by atoms with Gasteiger partial charge in [-0.1, -0.05) is 31.2 Å². The van der Waals surface area contributed by atoms with Gasteiger partial charge in [0.1, 0.15) is 0 Å². The van der Waals surface area contributed by atoms with Crippen LogP contribution in [0.1, 0.15) is 30.4 Å². The summed E-state index contributed by atoms with van der Waals surface area (Å²) in [5.41, 5.74) is 2.87. The Labute approximate surface area is 124 Å². The molecule has 0 radical (unpaired) electrons. The van der Waals surface area contributed by atoms with Gasteiger partial charge in [0, 0.05) is 26.2 Å². The highest BCUT2D eigenvalue weighted by atomic mass is 15.2. The van der Waals surface area contributed by atoms with Crippen molar-refractivity contribution in [2.24, 2.45) is 0 Å². The summed E-state index contributed by atoms with van der Waals surface area (Å²) in [5.74, 6) is 0.584. The van der Waals surface area contributed by atoms with Crippen LogP contribution in [0.15, 0.2) is 24.3 Å². The van der Waals surface area contributed by atoms with Crippen LogP contribution in [0.5, 0.6) is 0 Å². The predicted octanol–water partition coefficient (Wildman–Crippen LogP) is 2.15. The molecule has 0 saturated carbocycles. The maximum atomic E-state index is 3.24. The number of nitrogens with zero attached hydrogens (tertiary/aromatic N) is 2. The van der Waals surface area contributed by atoms with Crippen LogP contribution in [0, 0.1) is 0 Å². The predicted molar refractivity (Wildman–Crippen MR) is 86.2 cm³/mol. The highest BCUT2D eigenvalue weighted by molar-refractivity contribution is 5.25. The van der Waals surface area contributed by atoms with Crippen molar-refractivity contribution in [3.8, 4) is 0 Å². The first-order chi connectivity index (χ1) is 9.69. The van der Waals surface area contributed by atoms with Crippen LogP contribution in [0.4, 0.5) is 0 Å². The second kappa shape index (κ2) is 7.77. The topological polar surface area (TPSA) is 18.5 Å². The standard InChI is InChI=1S/C17H29N3/c1-15(13-18-2)17-7-5-16(6-8-17)14-20-10-4-9-19(3)11-12-20/h5-8,15,18H,4,9-14H2,1-3H3. The quantitative estimate of drug-likeness (QED) is 0.888. The molecule has 20 heavy (non-hydrogen) atoms. The minimum absolute atomic E-state index is 0.584. The van der Waals surface area contributed by atoms with Gasteiger partial charge in [-0.3, -0.25) is 4.90 Å². The Kier molecular flexibility index (Phi) is 6.02. The van der Waals surface area contributed by atoms with Crippen molar-refractivity contribution in [2.75, 3.05) is 46.8 Å². The number of hydrogen-bond acceptors (Lipinski definition) is 3. The summed E-state index contributed by atoms with van der Waals surface area (Å²) in [6.45, 7) is 9.24. The van der Waals surface area contributed by atoms with Crippen molar-refractivity contribution in [1.82, 2.24) is 15.1 Å². The largest absolute Gasteiger partial charge is 0.319 e. The van der Waals surface area contributed by atoms with Crippen molar-refractivity contribution in [2.45, 2.75) is 25.8 Å². The van der Waals surface area contributed by atoms with E-state index in [9.17, 15) is 0 Å². The fraction of sp³-hybridized carbons (Fsp3) is 0.647. The molecule has 1 aliphatic rings. The molecule has 3 nitrogen and oxygen atoms in total. The number of likely N-dealkylation sites (N-methyl/N-ethyl adjacent to an activating group) is 2. The van der Waals surface area contributed by atoms with E-state index in [1.54, 1.807) is 0 Å². The van der Waals surface area contributed by atoms with Gasteiger partial charge in [-0.15, -0.1) is 0 Å². The fourth-order valence-corrected chi connectivity index (χ4v) is 2.89. The Morgan fingerprint density at radius 1 is 1.10 bits per heavy atom. The normalized spacial score (nSPS) is 19.8. The van der Waals surface area contributed by atoms with Crippen LogP contribution in [-0.4, -0.2) is 56.6 Å². The molecule has 1 fully saturated rings. The molecule has 1 heterocycles. The molecular formula is C17H29N3. The van der Waals surface area contributed by atoms with Gasteiger partial charge in [0.2, 0.25) is 0 Å². The van der Waals surface area contributed by atoms with E-state index in [1.165, 1.54) is 43.7 Å². The van der Waals surface area contributed by atoms with Crippen LogP contribution in [0.25, 0.3) is 0 Å². The van der Waals surface area contributed by atoms with E-state index in [4.69, 9.17) is 0 Å². The summed E-state index contributed by atoms with van der Waals surface area (Å²) >= 11 is 0. The molecule has 1 aliphatic heterocycles. The summed E-state index contributed by atoms with van der Waals surface area (Å²) in [6.07, 6.45) is 1.29. The van der Waals surface area contributed by atoms with E-state index >= 15 is 0 Å². The summed E-state index contributed by atoms with van der Waals surface area (Å²) in [4.78, 5) is 5.01. The SMILES string of the molecule is CNCC(C)c1ccc(CN2CCCN(C)CC2)cc1. The van der Waals surface area contributed by atoms with Gasteiger partial charge in [-0.25, -0.2) is 0 Å². The molecule has 1 atom stereocenters. The first kappa shape index (κ1) is 15.5. The number of nitrogens with one attached hydrogen (secondary N) is 1. The van der Waals surface area contributed by atoms with Gasteiger partial charge in [-0.05, 0) is 50.7 Å². The van der Waals surface area contributed by atoms with Gasteiger partial charge in [0.05, 0.1) is 0 Å². The van der Waals surface area contributed by atoms with E-state index in [2.05, 4.69) is 53.4 Å². The first-order valence-corrected chi connectivity index (χ1v) is 7.83. The van der Waals surface area contributed by atoms with Crippen LogP contribution in [-0.2, 0) is 6.54 Å². The second-order valence-electron chi connectivity index (χ2n) is 6.13. The lowest BCUT2D eigenvalue weighted by molar-refractivity contribution is 0.269. The molecule has 2 rings (SSSR count). The van der Waals surface area contributed by atoms with Crippen molar-refractivity contribution in [3.63, 3.8) is 0 Å². The highest BCUT2D eigenvalue weighted by Crippen LogP contribution is 2.16. The zero-order chi connectivity index (χ0) is 14.4. The zero-order valence-electron chi connectivity index (χ0n) is 13.2. The molecule has 0 spiro atoms. The summed E-state index contributed by atoms with van der Waals surface area (Å²) in [7, 11) is 4.24. The lowest BCUT2D eigenvalue weighted by Gasteiger charge is -2.20. The Morgan fingerprint density at radius 2 is 1.85 bits per heavy atom. The monoisotopic (exact) mass is 275 g/mol. The molecular weight excluding hydrogens is 246 g/mol. The zero-order valence-corrected chi connectivity index (χ0v) is 13.2. The summed E-state index contributed by atoms with van der Waals surface area (Å²) in [6, 6.07) is 9.19. The lowest BCUT2D eigenvalue weighted by atomic mass is 10.00. The fourth-order valence-electron chi connectivity index (χ4n) is 2.89. The van der Waals surface area contributed by atoms with E-state index in [0.717, 1.165) is 13.1 Å². The van der Waals surface area contributed by atoms with Gasteiger partial charge >= 0.3 is 0 Å². The molecule has 0 bridgehead atoms. The van der Waals surface area contributed by atoms with Crippen molar-refractivity contribution >= 4 is 0 Å². The third-order valence-electron chi connectivity index (χ3n) is 4.28. The molecule has 0 amide bonds. The average molecular weight is 275 g/mol. The summed E-state index contributed by atoms with van der Waals surface area (Å²) in [5, 5.41) is 3.24. The number of benzene rings is 1. The van der Waals surface area contributed by atoms with E-state index < -0.39 is 0 Å². The van der Waals surface area contributed by atoms with Crippen molar-refractivity contribution < 1.29 is 0 Å². The molecule has 1 saturated heterocycles. The molecule has 3 heteroatoms. The Balaban J connectivity index is 1.89. The smallest absolute Gasteiger partial charge is 0.0234 e. The molecule has 0 aliphatic carbocycles. The molecule has 1 aromatic carbocycles. The van der Waals surface area contributed by atoms with Crippen molar-refractivity contribution in [3.05, 3.63) is 35.4 Å². The Hall–Kier alpha value is -0.900. The number of rotatable bonds is 5. The van der Waals surface area contributed by atoms with Crippen LogP contribution >= 0.6 is 0 Å². The average Bonchev–Trinajstić information content (AvgIpc) is 2.65. The van der Waals surface area contributed by atoms with Gasteiger partial charge in [0.15, 0.2) is 0 Å². The molecule has 112 valence electrons. The van der Waals surface area contributed by atoms with Crippen LogP contribution in [0.3, 0.4) is 0 Å². The Morgan fingerprint density at radius 3 is 2.55 bits per heavy atom. The van der Waals surface area contributed by atoms with Gasteiger partial charge in [0.25, 0.3) is 0 Å². The first-order valence-electron chi connectivity index (χ1n) is 7.83. The van der Waals surface area contributed by atoms with Crippen molar-refractivity contribution in [1.29, 1.82) is 0 Å². The number of hydrogen-bond donors (Lipinski definition) is 1. The third-order valence-corrected chi connectivity index (χ3v) is 4.28. The van der Waals surface area contributed by atoms with Crippen LogP contribution in [0.2, 0.25) is 0 Å². The highest BCUT2D eigenvalue weighted by Gasteiger charge is 2.12.